The lowest BCUT2D eigenvalue weighted by molar-refractivity contribution is -0.138. The van der Waals surface area contributed by atoms with Crippen molar-refractivity contribution in [3.63, 3.8) is 0 Å². The summed E-state index contributed by atoms with van der Waals surface area (Å²) in [5, 5.41) is 22.0. The first-order valence-corrected chi connectivity index (χ1v) is 8.99. The molecule has 1 heterocycles. The molecular weight excluding hydrogens is 369 g/mol. The Morgan fingerprint density at radius 3 is 2.77 bits per heavy atom. The molecule has 0 amide bonds. The van der Waals surface area contributed by atoms with E-state index in [0.29, 0.717) is 0 Å². The number of hydrogen-bond donors (Lipinski definition) is 6. The maximum atomic E-state index is 11.3. The number of ether oxygens (including phenoxy) is 1. The van der Waals surface area contributed by atoms with Gasteiger partial charge < -0.3 is 30.5 Å². The van der Waals surface area contributed by atoms with Gasteiger partial charge in [-0.15, -0.1) is 0 Å². The third-order valence-corrected chi connectivity index (χ3v) is 3.65. The Balaban J connectivity index is 2.91. The molecule has 1 rings (SSSR count). The molecule has 1 aromatic rings. The number of aryl methyl sites for hydroxylation is 1. The van der Waals surface area contributed by atoms with E-state index in [-0.39, 0.29) is 42.3 Å². The SMILES string of the molecule is Cc1ncc(COP(=O)(O)O)c(CN[C@@H](/C=C/OCCN)C(=O)O)c1O. The van der Waals surface area contributed by atoms with Gasteiger partial charge in [0.25, 0.3) is 0 Å². The number of nitrogens with zero attached hydrogens (tertiary/aromatic N) is 1. The van der Waals surface area contributed by atoms with Crippen molar-refractivity contribution in [3.8, 4) is 5.75 Å². The molecule has 7 N–H and O–H groups in total. The summed E-state index contributed by atoms with van der Waals surface area (Å²) < 4.78 is 20.3. The fourth-order valence-corrected chi connectivity index (χ4v) is 2.19. The van der Waals surface area contributed by atoms with Crippen LogP contribution in [0.15, 0.2) is 18.5 Å². The Hall–Kier alpha value is -2.01. The number of phosphoric ester groups is 1. The van der Waals surface area contributed by atoms with E-state index in [2.05, 4.69) is 14.8 Å². The molecule has 0 saturated carbocycles. The second kappa shape index (κ2) is 10.2. The summed E-state index contributed by atoms with van der Waals surface area (Å²) in [6, 6.07) is -1.13. The van der Waals surface area contributed by atoms with Gasteiger partial charge in [-0.3, -0.25) is 19.6 Å². The number of nitrogens with one attached hydrogen (secondary N) is 1. The van der Waals surface area contributed by atoms with Crippen molar-refractivity contribution in [1.29, 1.82) is 0 Å². The number of aromatic hydroxyl groups is 1. The van der Waals surface area contributed by atoms with Crippen LogP contribution in [0.25, 0.3) is 0 Å². The third kappa shape index (κ3) is 7.48. The van der Waals surface area contributed by atoms with Gasteiger partial charge in [0, 0.05) is 30.4 Å². The van der Waals surface area contributed by atoms with Crippen molar-refractivity contribution >= 4 is 13.8 Å². The number of aromatic nitrogens is 1. The van der Waals surface area contributed by atoms with Gasteiger partial charge >= 0.3 is 13.8 Å². The van der Waals surface area contributed by atoms with Crippen molar-refractivity contribution in [1.82, 2.24) is 10.3 Å². The number of pyridine rings is 1. The summed E-state index contributed by atoms with van der Waals surface area (Å²) in [7, 11) is -4.72. The number of carboxylic acid groups (broad SMARTS) is 1. The van der Waals surface area contributed by atoms with Gasteiger partial charge in [0.15, 0.2) is 0 Å². The molecule has 0 radical (unpaired) electrons. The van der Waals surface area contributed by atoms with Crippen LogP contribution in [0, 0.1) is 6.92 Å². The molecule has 0 spiro atoms. The van der Waals surface area contributed by atoms with Crippen LogP contribution in [0.5, 0.6) is 5.75 Å². The number of rotatable bonds is 11. The molecule has 11 nitrogen and oxygen atoms in total. The molecule has 1 aromatic heterocycles. The van der Waals surface area contributed by atoms with Crippen LogP contribution in [-0.2, 0) is 31.8 Å². The lowest BCUT2D eigenvalue weighted by Crippen LogP contribution is -2.34. The van der Waals surface area contributed by atoms with Crippen LogP contribution < -0.4 is 11.1 Å². The van der Waals surface area contributed by atoms with E-state index in [1.807, 2.05) is 0 Å². The van der Waals surface area contributed by atoms with Crippen molar-refractivity contribution in [2.45, 2.75) is 26.1 Å². The smallest absolute Gasteiger partial charge is 0.469 e. The predicted molar refractivity (Wildman–Crippen MR) is 89.9 cm³/mol. The second-order valence-corrected chi connectivity index (χ2v) is 6.38. The molecule has 12 heteroatoms. The lowest BCUT2D eigenvalue weighted by atomic mass is 10.1. The monoisotopic (exact) mass is 391 g/mol. The third-order valence-electron chi connectivity index (χ3n) is 3.19. The standard InChI is InChI=1S/C14H22N3O8P/c1-9-13(18)11(10(6-16-9)8-25-26(21,22)23)7-17-12(14(19)20)2-4-24-5-3-15/h2,4,6,12,17-18H,3,5,7-8,15H2,1H3,(H,19,20)(H2,21,22,23)/b4-2+/t12-/m0/s1. The molecule has 26 heavy (non-hydrogen) atoms. The predicted octanol–water partition coefficient (Wildman–Crippen LogP) is -0.263. The van der Waals surface area contributed by atoms with Gasteiger partial charge in [-0.05, 0) is 13.0 Å². The summed E-state index contributed by atoms with van der Waals surface area (Å²) in [6.45, 7) is 1.42. The van der Waals surface area contributed by atoms with Gasteiger partial charge in [-0.1, -0.05) is 0 Å². The first-order valence-electron chi connectivity index (χ1n) is 7.46. The van der Waals surface area contributed by atoms with Crippen LogP contribution in [0.1, 0.15) is 16.8 Å². The van der Waals surface area contributed by atoms with Crippen LogP contribution in [0.3, 0.4) is 0 Å². The Morgan fingerprint density at radius 2 is 2.19 bits per heavy atom. The van der Waals surface area contributed by atoms with E-state index < -0.39 is 26.4 Å². The highest BCUT2D eigenvalue weighted by atomic mass is 31.2. The first-order chi connectivity index (χ1) is 12.2. The minimum atomic E-state index is -4.72. The van der Waals surface area contributed by atoms with Crippen molar-refractivity contribution < 1.29 is 38.6 Å². The highest BCUT2D eigenvalue weighted by Gasteiger charge is 2.20. The topological polar surface area (TPSA) is 184 Å². The summed E-state index contributed by atoms with van der Waals surface area (Å²) in [5.74, 6) is -1.41. The summed E-state index contributed by atoms with van der Waals surface area (Å²) >= 11 is 0. The van der Waals surface area contributed by atoms with Crippen molar-refractivity contribution in [2.75, 3.05) is 13.2 Å². The van der Waals surface area contributed by atoms with Crippen LogP contribution >= 0.6 is 7.82 Å². The van der Waals surface area contributed by atoms with Gasteiger partial charge in [-0.2, -0.15) is 0 Å². The average Bonchev–Trinajstić information content (AvgIpc) is 2.55. The molecular formula is C14H22N3O8P. The molecule has 0 aromatic carbocycles. The second-order valence-electron chi connectivity index (χ2n) is 5.14. The number of aliphatic carboxylic acids is 1. The fraction of sp³-hybridized carbons (Fsp3) is 0.429. The maximum absolute atomic E-state index is 11.3. The quantitative estimate of drug-likeness (QED) is 0.166. The number of carboxylic acids is 1. The minimum Gasteiger partial charge on any atom is -0.506 e. The van der Waals surface area contributed by atoms with Crippen LogP contribution in [0.2, 0.25) is 0 Å². The molecule has 1 atom stereocenters. The largest absolute Gasteiger partial charge is 0.506 e. The maximum Gasteiger partial charge on any atom is 0.469 e. The van der Waals surface area contributed by atoms with Gasteiger partial charge in [0.05, 0.1) is 25.2 Å². The Morgan fingerprint density at radius 1 is 1.50 bits per heavy atom. The van der Waals surface area contributed by atoms with E-state index >= 15 is 0 Å². The van der Waals surface area contributed by atoms with E-state index in [1.54, 1.807) is 0 Å². The zero-order valence-electron chi connectivity index (χ0n) is 14.0. The van der Waals surface area contributed by atoms with Gasteiger partial charge in [-0.25, -0.2) is 4.57 Å². The van der Waals surface area contributed by atoms with Crippen LogP contribution in [-0.4, -0.2) is 50.1 Å². The summed E-state index contributed by atoms with van der Waals surface area (Å²) in [5.41, 5.74) is 5.95. The van der Waals surface area contributed by atoms with E-state index in [0.717, 1.165) is 0 Å². The average molecular weight is 391 g/mol. The molecule has 0 aliphatic rings. The molecule has 146 valence electrons. The van der Waals surface area contributed by atoms with E-state index in [4.69, 9.17) is 20.3 Å². The molecule has 0 bridgehead atoms. The highest BCUT2D eigenvalue weighted by Crippen LogP contribution is 2.38. The number of nitrogens with two attached hydrogens (primary N) is 1. The number of hydrogen-bond acceptors (Lipinski definition) is 8. The minimum absolute atomic E-state index is 0.118. The normalized spacial score (nSPS) is 13.1. The van der Waals surface area contributed by atoms with E-state index in [1.165, 1.54) is 25.5 Å². The molecule has 0 aliphatic carbocycles. The van der Waals surface area contributed by atoms with Crippen LogP contribution in [0.4, 0.5) is 0 Å². The first kappa shape index (κ1) is 22.0. The molecule has 0 saturated heterocycles. The molecule has 0 unspecified atom stereocenters. The number of phosphoric acid groups is 1. The zero-order chi connectivity index (χ0) is 19.7. The lowest BCUT2D eigenvalue weighted by Gasteiger charge is -2.16. The van der Waals surface area contributed by atoms with Crippen molar-refractivity contribution in [3.05, 3.63) is 35.4 Å². The Bertz CT molecular complexity index is 691. The summed E-state index contributed by atoms with van der Waals surface area (Å²) in [4.78, 5) is 32.8. The van der Waals surface area contributed by atoms with Gasteiger partial charge in [0.1, 0.15) is 11.8 Å². The molecule has 0 fully saturated rings. The van der Waals surface area contributed by atoms with Crippen molar-refractivity contribution in [2.24, 2.45) is 5.73 Å². The number of carbonyl (C=O) groups is 1. The Kier molecular flexibility index (Phi) is 8.66. The summed E-state index contributed by atoms with van der Waals surface area (Å²) in [6.07, 6.45) is 3.75. The van der Waals surface area contributed by atoms with E-state index in [9.17, 15) is 19.6 Å². The fourth-order valence-electron chi connectivity index (χ4n) is 1.88. The highest BCUT2D eigenvalue weighted by molar-refractivity contribution is 7.46. The zero-order valence-corrected chi connectivity index (χ0v) is 14.9. The molecule has 0 aliphatic heterocycles. The Labute approximate surface area is 149 Å². The van der Waals surface area contributed by atoms with Gasteiger partial charge in [0.2, 0.25) is 0 Å².